The van der Waals surface area contributed by atoms with E-state index < -0.39 is 16.4 Å². The molecule has 0 atom stereocenters. The summed E-state index contributed by atoms with van der Waals surface area (Å²) < 4.78 is 4.80. The van der Waals surface area contributed by atoms with E-state index in [2.05, 4.69) is 0 Å². The highest BCUT2D eigenvalue weighted by Gasteiger charge is 2.26. The van der Waals surface area contributed by atoms with E-state index in [9.17, 15) is 14.9 Å². The molecule has 0 aliphatic rings. The third kappa shape index (κ3) is 1.83. The molecule has 0 aliphatic heterocycles. The molecule has 1 aromatic rings. The minimum Gasteiger partial charge on any atom is -0.489 e. The molecule has 1 aromatic carbocycles. The quantitative estimate of drug-likeness (QED) is 0.438. The van der Waals surface area contributed by atoms with Crippen LogP contribution >= 0.6 is 0 Å². The summed E-state index contributed by atoms with van der Waals surface area (Å²) in [6, 6.07) is 4.34. The summed E-state index contributed by atoms with van der Waals surface area (Å²) >= 11 is 0. The number of nitro groups is 1. The van der Waals surface area contributed by atoms with Crippen molar-refractivity contribution in [2.75, 3.05) is 7.11 Å². The van der Waals surface area contributed by atoms with Crippen LogP contribution in [0.15, 0.2) is 12.1 Å². The first-order chi connectivity index (χ1) is 7.52. The van der Waals surface area contributed by atoms with Crippen LogP contribution in [0.3, 0.4) is 0 Å². The number of methoxy groups -OCH3 is 1. The van der Waals surface area contributed by atoms with E-state index in [1.807, 2.05) is 0 Å². The number of ether oxygens (including phenoxy) is 1. The second kappa shape index (κ2) is 4.40. The van der Waals surface area contributed by atoms with Crippen molar-refractivity contribution in [3.05, 3.63) is 33.4 Å². The Morgan fingerprint density at radius 1 is 1.56 bits per heavy atom. The SMILES string of the molecule is COc1c(C#N)ccc(C(C)=O)c1[N+](=O)[O-]. The smallest absolute Gasteiger partial charge is 0.323 e. The van der Waals surface area contributed by atoms with Crippen molar-refractivity contribution in [3.63, 3.8) is 0 Å². The van der Waals surface area contributed by atoms with Crippen molar-refractivity contribution in [1.29, 1.82) is 5.26 Å². The molecule has 0 aliphatic carbocycles. The number of Topliss-reactive ketones (excluding diaryl/α,β-unsaturated/α-hetero) is 1. The second-order valence-electron chi connectivity index (χ2n) is 2.97. The number of carbonyl (C=O) groups excluding carboxylic acids is 1. The fraction of sp³-hybridized carbons (Fsp3) is 0.200. The Hall–Kier alpha value is -2.42. The lowest BCUT2D eigenvalue weighted by Gasteiger charge is -2.06. The summed E-state index contributed by atoms with van der Waals surface area (Å²) in [4.78, 5) is 21.3. The maximum Gasteiger partial charge on any atom is 0.323 e. The minimum absolute atomic E-state index is 0.0270. The zero-order valence-electron chi connectivity index (χ0n) is 8.68. The molecule has 0 N–H and O–H groups in total. The first-order valence-electron chi connectivity index (χ1n) is 4.29. The third-order valence-electron chi connectivity index (χ3n) is 2.02. The van der Waals surface area contributed by atoms with Crippen LogP contribution in [0.4, 0.5) is 5.69 Å². The lowest BCUT2D eigenvalue weighted by molar-refractivity contribution is -0.386. The largest absolute Gasteiger partial charge is 0.489 e. The monoisotopic (exact) mass is 220 g/mol. The van der Waals surface area contributed by atoms with Gasteiger partial charge in [-0.15, -0.1) is 0 Å². The summed E-state index contributed by atoms with van der Waals surface area (Å²) in [5.41, 5.74) is -0.505. The lowest BCUT2D eigenvalue weighted by Crippen LogP contribution is -2.04. The Kier molecular flexibility index (Phi) is 3.20. The van der Waals surface area contributed by atoms with Gasteiger partial charge in [0.15, 0.2) is 5.78 Å². The van der Waals surface area contributed by atoms with Gasteiger partial charge >= 0.3 is 5.69 Å². The highest BCUT2D eigenvalue weighted by Crippen LogP contribution is 2.34. The van der Waals surface area contributed by atoms with Gasteiger partial charge in [0.2, 0.25) is 5.75 Å². The molecule has 6 nitrogen and oxygen atoms in total. The van der Waals surface area contributed by atoms with Crippen LogP contribution in [0, 0.1) is 21.4 Å². The zero-order valence-corrected chi connectivity index (χ0v) is 8.68. The summed E-state index contributed by atoms with van der Waals surface area (Å²) in [7, 11) is 1.22. The van der Waals surface area contributed by atoms with Crippen molar-refractivity contribution in [2.24, 2.45) is 0 Å². The molecule has 0 spiro atoms. The average molecular weight is 220 g/mol. The molecule has 0 aromatic heterocycles. The number of rotatable bonds is 3. The minimum atomic E-state index is -0.726. The van der Waals surface area contributed by atoms with Gasteiger partial charge in [0.1, 0.15) is 11.6 Å². The summed E-state index contributed by atoms with van der Waals surface area (Å²) in [5.74, 6) is -0.630. The molecule has 0 amide bonds. The van der Waals surface area contributed by atoms with E-state index in [-0.39, 0.29) is 16.9 Å². The average Bonchev–Trinajstić information content (AvgIpc) is 2.26. The van der Waals surface area contributed by atoms with Crippen LogP contribution in [-0.4, -0.2) is 17.8 Å². The number of hydrogen-bond acceptors (Lipinski definition) is 5. The third-order valence-corrected chi connectivity index (χ3v) is 2.02. The first kappa shape index (κ1) is 11.7. The predicted octanol–water partition coefficient (Wildman–Crippen LogP) is 1.68. The molecule has 1 rings (SSSR count). The van der Waals surface area contributed by atoms with Crippen LogP contribution in [-0.2, 0) is 0 Å². The van der Waals surface area contributed by atoms with E-state index in [1.165, 1.54) is 26.2 Å². The Balaban J connectivity index is 3.65. The molecule has 0 radical (unpaired) electrons. The Morgan fingerprint density at radius 3 is 2.56 bits per heavy atom. The molecule has 0 fully saturated rings. The molecule has 0 heterocycles. The van der Waals surface area contributed by atoms with Crippen molar-refractivity contribution in [3.8, 4) is 11.8 Å². The Bertz CT molecular complexity index is 502. The van der Waals surface area contributed by atoms with Gasteiger partial charge in [-0.05, 0) is 19.1 Å². The normalized spacial score (nSPS) is 9.31. The van der Waals surface area contributed by atoms with E-state index in [4.69, 9.17) is 10.00 Å². The summed E-state index contributed by atoms with van der Waals surface area (Å²) in [6.45, 7) is 1.22. The maximum atomic E-state index is 11.2. The van der Waals surface area contributed by atoms with E-state index in [0.29, 0.717) is 0 Å². The summed E-state index contributed by atoms with van der Waals surface area (Å²) in [5, 5.41) is 19.6. The molecule has 0 unspecified atom stereocenters. The van der Waals surface area contributed by atoms with Gasteiger partial charge in [0.05, 0.1) is 17.6 Å². The molecule has 82 valence electrons. The molecule has 0 saturated heterocycles. The van der Waals surface area contributed by atoms with E-state index >= 15 is 0 Å². The van der Waals surface area contributed by atoms with Crippen molar-refractivity contribution < 1.29 is 14.5 Å². The van der Waals surface area contributed by atoms with Gasteiger partial charge in [-0.3, -0.25) is 14.9 Å². The highest BCUT2D eigenvalue weighted by atomic mass is 16.6. The van der Waals surface area contributed by atoms with Gasteiger partial charge in [-0.25, -0.2) is 0 Å². The standard InChI is InChI=1S/C10H8N2O4/c1-6(13)8-4-3-7(5-11)10(16-2)9(8)12(14)15/h3-4H,1-2H3. The number of nitriles is 1. The lowest BCUT2D eigenvalue weighted by atomic mass is 10.1. The van der Waals surface area contributed by atoms with Crippen molar-refractivity contribution in [1.82, 2.24) is 0 Å². The Labute approximate surface area is 91.2 Å². The van der Waals surface area contributed by atoms with Crippen molar-refractivity contribution in [2.45, 2.75) is 6.92 Å². The van der Waals surface area contributed by atoms with Crippen molar-refractivity contribution >= 4 is 11.5 Å². The maximum absolute atomic E-state index is 11.2. The molecule has 6 heteroatoms. The van der Waals surface area contributed by atoms with Gasteiger partial charge in [0.25, 0.3) is 0 Å². The topological polar surface area (TPSA) is 93.2 Å². The van der Waals surface area contributed by atoms with E-state index in [0.717, 1.165) is 0 Å². The number of hydrogen-bond donors (Lipinski definition) is 0. The van der Waals surface area contributed by atoms with Gasteiger partial charge in [0, 0.05) is 0 Å². The Morgan fingerprint density at radius 2 is 2.19 bits per heavy atom. The fourth-order valence-electron chi connectivity index (χ4n) is 1.33. The number of benzene rings is 1. The van der Waals surface area contributed by atoms with Crippen LogP contribution in [0.5, 0.6) is 5.75 Å². The molecule has 16 heavy (non-hydrogen) atoms. The van der Waals surface area contributed by atoms with Gasteiger partial charge < -0.3 is 4.74 Å². The number of ketones is 1. The zero-order chi connectivity index (χ0) is 12.3. The fourth-order valence-corrected chi connectivity index (χ4v) is 1.33. The van der Waals surface area contributed by atoms with Crippen LogP contribution in [0.1, 0.15) is 22.8 Å². The van der Waals surface area contributed by atoms with Crippen LogP contribution < -0.4 is 4.74 Å². The molecular formula is C10H8N2O4. The number of nitro benzene ring substituents is 1. The van der Waals surface area contributed by atoms with Crippen LogP contribution in [0.25, 0.3) is 0 Å². The molecule has 0 saturated carbocycles. The highest BCUT2D eigenvalue weighted by molar-refractivity contribution is 5.99. The van der Waals surface area contributed by atoms with Crippen LogP contribution in [0.2, 0.25) is 0 Å². The van der Waals surface area contributed by atoms with Gasteiger partial charge in [-0.2, -0.15) is 5.26 Å². The molecular weight excluding hydrogens is 212 g/mol. The number of nitrogens with zero attached hydrogens (tertiary/aromatic N) is 2. The van der Waals surface area contributed by atoms with Gasteiger partial charge in [-0.1, -0.05) is 0 Å². The summed E-state index contributed by atoms with van der Waals surface area (Å²) in [6.07, 6.45) is 0. The first-order valence-corrected chi connectivity index (χ1v) is 4.29. The van der Waals surface area contributed by atoms with E-state index in [1.54, 1.807) is 6.07 Å². The molecule has 0 bridgehead atoms. The second-order valence-corrected chi connectivity index (χ2v) is 2.97. The number of carbonyl (C=O) groups is 1. The predicted molar refractivity (Wildman–Crippen MR) is 54.4 cm³/mol.